The average molecular weight is 293 g/mol. The lowest BCUT2D eigenvalue weighted by Gasteiger charge is -2.37. The third-order valence-corrected chi connectivity index (χ3v) is 2.88. The van der Waals surface area contributed by atoms with Gasteiger partial charge >= 0.3 is 24.2 Å². The standard InChI is InChI=1S/C9H9F6NO3/c10-8(11,12)5-1-2-16(3-4(5)6(17)18)7(19)9(13,14)15/h4-5H,1-3H2,(H,17,18). The molecule has 0 radical (unpaired) electrons. The van der Waals surface area contributed by atoms with E-state index in [1.54, 1.807) is 0 Å². The summed E-state index contributed by atoms with van der Waals surface area (Å²) in [5, 5.41) is 8.66. The molecule has 0 bridgehead atoms. The number of carbonyl (C=O) groups excluding carboxylic acids is 1. The van der Waals surface area contributed by atoms with E-state index in [9.17, 15) is 35.9 Å². The fourth-order valence-corrected chi connectivity index (χ4v) is 1.96. The second-order valence-corrected chi connectivity index (χ2v) is 4.13. The molecule has 1 aliphatic heterocycles. The zero-order valence-corrected chi connectivity index (χ0v) is 9.25. The Balaban J connectivity index is 2.89. The van der Waals surface area contributed by atoms with Crippen molar-refractivity contribution in [1.82, 2.24) is 4.90 Å². The monoisotopic (exact) mass is 293 g/mol. The molecule has 2 atom stereocenters. The second-order valence-electron chi connectivity index (χ2n) is 4.13. The zero-order chi connectivity index (χ0) is 15.0. The lowest BCUT2D eigenvalue weighted by atomic mass is 9.85. The van der Waals surface area contributed by atoms with Crippen molar-refractivity contribution in [3.05, 3.63) is 0 Å². The molecule has 1 amide bonds. The van der Waals surface area contributed by atoms with E-state index in [-0.39, 0.29) is 4.90 Å². The number of piperidine rings is 1. The van der Waals surface area contributed by atoms with Gasteiger partial charge in [-0.3, -0.25) is 9.59 Å². The number of rotatable bonds is 1. The van der Waals surface area contributed by atoms with Gasteiger partial charge in [0.25, 0.3) is 0 Å². The first-order valence-corrected chi connectivity index (χ1v) is 5.10. The molecule has 1 fully saturated rings. The largest absolute Gasteiger partial charge is 0.481 e. The molecular formula is C9H9F6NO3. The van der Waals surface area contributed by atoms with Gasteiger partial charge in [-0.1, -0.05) is 0 Å². The van der Waals surface area contributed by atoms with Crippen molar-refractivity contribution in [2.45, 2.75) is 18.8 Å². The van der Waals surface area contributed by atoms with Gasteiger partial charge in [0.15, 0.2) is 0 Å². The van der Waals surface area contributed by atoms with E-state index < -0.39 is 55.6 Å². The van der Waals surface area contributed by atoms with Crippen LogP contribution in [0.25, 0.3) is 0 Å². The molecule has 0 saturated carbocycles. The summed E-state index contributed by atoms with van der Waals surface area (Å²) in [7, 11) is 0. The molecule has 2 unspecified atom stereocenters. The molecule has 1 saturated heterocycles. The van der Waals surface area contributed by atoms with E-state index in [0.29, 0.717) is 0 Å². The summed E-state index contributed by atoms with van der Waals surface area (Å²) in [6.45, 7) is -1.87. The van der Waals surface area contributed by atoms with E-state index in [1.165, 1.54) is 0 Å². The highest BCUT2D eigenvalue weighted by molar-refractivity contribution is 5.83. The van der Waals surface area contributed by atoms with Crippen LogP contribution in [0, 0.1) is 11.8 Å². The van der Waals surface area contributed by atoms with Gasteiger partial charge < -0.3 is 10.0 Å². The Morgan fingerprint density at radius 3 is 2.00 bits per heavy atom. The Kier molecular flexibility index (Phi) is 4.01. The summed E-state index contributed by atoms with van der Waals surface area (Å²) in [5.74, 6) is -8.52. The van der Waals surface area contributed by atoms with Gasteiger partial charge in [0, 0.05) is 13.1 Å². The first-order chi connectivity index (χ1) is 8.44. The van der Waals surface area contributed by atoms with E-state index in [1.807, 2.05) is 0 Å². The molecule has 4 nitrogen and oxygen atoms in total. The van der Waals surface area contributed by atoms with Gasteiger partial charge in [-0.15, -0.1) is 0 Å². The summed E-state index contributed by atoms with van der Waals surface area (Å²) in [4.78, 5) is 21.7. The molecule has 0 aromatic rings. The number of amides is 1. The highest BCUT2D eigenvalue weighted by Crippen LogP contribution is 2.38. The van der Waals surface area contributed by atoms with Crippen LogP contribution in [0.4, 0.5) is 26.3 Å². The lowest BCUT2D eigenvalue weighted by molar-refractivity contribution is -0.214. The minimum Gasteiger partial charge on any atom is -0.481 e. The van der Waals surface area contributed by atoms with Gasteiger partial charge in [-0.25, -0.2) is 0 Å². The van der Waals surface area contributed by atoms with Crippen LogP contribution in [-0.2, 0) is 9.59 Å². The molecule has 0 aromatic heterocycles. The topological polar surface area (TPSA) is 57.6 Å². The van der Waals surface area contributed by atoms with Crippen LogP contribution in [0.15, 0.2) is 0 Å². The Hall–Kier alpha value is -1.48. The van der Waals surface area contributed by atoms with Crippen molar-refractivity contribution >= 4 is 11.9 Å². The van der Waals surface area contributed by atoms with E-state index in [2.05, 4.69) is 0 Å². The van der Waals surface area contributed by atoms with Gasteiger partial charge in [0.2, 0.25) is 0 Å². The van der Waals surface area contributed by atoms with Gasteiger partial charge in [0.05, 0.1) is 11.8 Å². The smallest absolute Gasteiger partial charge is 0.471 e. The maximum atomic E-state index is 12.5. The maximum absolute atomic E-state index is 12.5. The molecule has 0 spiro atoms. The summed E-state index contributed by atoms with van der Waals surface area (Å²) in [6.07, 6.45) is -10.9. The second kappa shape index (κ2) is 4.89. The molecular weight excluding hydrogens is 284 g/mol. The van der Waals surface area contributed by atoms with Crippen LogP contribution in [0.2, 0.25) is 0 Å². The molecule has 0 aromatic carbocycles. The lowest BCUT2D eigenvalue weighted by Crippen LogP contribution is -2.53. The molecule has 19 heavy (non-hydrogen) atoms. The quantitative estimate of drug-likeness (QED) is 0.748. The molecule has 1 heterocycles. The first kappa shape index (κ1) is 15.6. The zero-order valence-electron chi connectivity index (χ0n) is 9.25. The van der Waals surface area contributed by atoms with Crippen molar-refractivity contribution in [3.8, 4) is 0 Å². The molecule has 0 aliphatic carbocycles. The fraction of sp³-hybridized carbons (Fsp3) is 0.778. The van der Waals surface area contributed by atoms with E-state index in [0.717, 1.165) is 0 Å². The summed E-state index contributed by atoms with van der Waals surface area (Å²) in [5.41, 5.74) is 0. The average Bonchev–Trinajstić information content (AvgIpc) is 2.24. The minimum absolute atomic E-state index is 0.0982. The number of likely N-dealkylation sites (tertiary alicyclic amines) is 1. The highest BCUT2D eigenvalue weighted by atomic mass is 19.4. The number of nitrogens with zero attached hydrogens (tertiary/aromatic N) is 1. The van der Waals surface area contributed by atoms with E-state index >= 15 is 0 Å². The minimum atomic E-state index is -5.23. The number of carboxylic acid groups (broad SMARTS) is 1. The number of hydrogen-bond donors (Lipinski definition) is 1. The van der Waals surface area contributed by atoms with Gasteiger partial charge in [-0.05, 0) is 6.42 Å². The third-order valence-electron chi connectivity index (χ3n) is 2.88. The van der Waals surface area contributed by atoms with Crippen LogP contribution < -0.4 is 0 Å². The normalized spacial score (nSPS) is 25.3. The predicted molar refractivity (Wildman–Crippen MR) is 47.9 cm³/mol. The van der Waals surface area contributed by atoms with Crippen molar-refractivity contribution in [2.75, 3.05) is 13.1 Å². The Morgan fingerprint density at radius 2 is 1.63 bits per heavy atom. The van der Waals surface area contributed by atoms with Gasteiger partial charge in [0.1, 0.15) is 0 Å². The number of carbonyl (C=O) groups is 2. The van der Waals surface area contributed by atoms with Gasteiger partial charge in [-0.2, -0.15) is 26.3 Å². The number of hydrogen-bond acceptors (Lipinski definition) is 2. The first-order valence-electron chi connectivity index (χ1n) is 5.10. The Morgan fingerprint density at radius 1 is 1.11 bits per heavy atom. The van der Waals surface area contributed by atoms with Crippen molar-refractivity contribution < 1.29 is 41.0 Å². The van der Waals surface area contributed by atoms with Crippen molar-refractivity contribution in [1.29, 1.82) is 0 Å². The highest BCUT2D eigenvalue weighted by Gasteiger charge is 2.53. The Bertz CT molecular complexity index is 377. The maximum Gasteiger partial charge on any atom is 0.471 e. The molecule has 110 valence electrons. The van der Waals surface area contributed by atoms with Crippen LogP contribution in [0.5, 0.6) is 0 Å². The van der Waals surface area contributed by atoms with Crippen molar-refractivity contribution in [2.24, 2.45) is 11.8 Å². The molecule has 1 rings (SSSR count). The SMILES string of the molecule is O=C(O)C1CN(C(=O)C(F)(F)F)CCC1C(F)(F)F. The number of halogens is 6. The Labute approximate surface area is 103 Å². The predicted octanol–water partition coefficient (Wildman–Crippen LogP) is 1.66. The summed E-state index contributed by atoms with van der Waals surface area (Å²) in [6, 6.07) is 0. The van der Waals surface area contributed by atoms with Crippen LogP contribution >= 0.6 is 0 Å². The van der Waals surface area contributed by atoms with Crippen LogP contribution in [-0.4, -0.2) is 47.3 Å². The van der Waals surface area contributed by atoms with Crippen LogP contribution in [0.1, 0.15) is 6.42 Å². The summed E-state index contributed by atoms with van der Waals surface area (Å²) >= 11 is 0. The molecule has 10 heteroatoms. The van der Waals surface area contributed by atoms with E-state index in [4.69, 9.17) is 5.11 Å². The molecule has 1 aliphatic rings. The fourth-order valence-electron chi connectivity index (χ4n) is 1.96. The summed E-state index contributed by atoms with van der Waals surface area (Å²) < 4.78 is 74.0. The van der Waals surface area contributed by atoms with Crippen molar-refractivity contribution in [3.63, 3.8) is 0 Å². The third kappa shape index (κ3) is 3.51. The van der Waals surface area contributed by atoms with Crippen LogP contribution in [0.3, 0.4) is 0 Å². The number of aliphatic carboxylic acids is 1. The number of alkyl halides is 6. The molecule has 1 N–H and O–H groups in total. The number of carboxylic acids is 1.